The predicted molar refractivity (Wildman–Crippen MR) is 140 cm³/mol. The van der Waals surface area contributed by atoms with Gasteiger partial charge in [0, 0.05) is 31.5 Å². The lowest BCUT2D eigenvalue weighted by molar-refractivity contribution is 1.56. The van der Waals surface area contributed by atoms with E-state index in [1.807, 2.05) is 11.3 Å². The van der Waals surface area contributed by atoms with Gasteiger partial charge < -0.3 is 5.32 Å². The quantitative estimate of drug-likeness (QED) is 0.296. The summed E-state index contributed by atoms with van der Waals surface area (Å²) in [5.74, 6) is 0. The monoisotopic (exact) mass is 427 g/mol. The van der Waals surface area contributed by atoms with Crippen LogP contribution in [0.5, 0.6) is 0 Å². The minimum Gasteiger partial charge on any atom is -0.355 e. The molecule has 0 amide bonds. The van der Waals surface area contributed by atoms with E-state index in [2.05, 4.69) is 127 Å². The third-order valence-corrected chi connectivity index (χ3v) is 6.97. The third kappa shape index (κ3) is 3.45. The Morgan fingerprint density at radius 1 is 0.469 bits per heavy atom. The van der Waals surface area contributed by atoms with Gasteiger partial charge in [0.1, 0.15) is 0 Å². The second kappa shape index (κ2) is 7.99. The van der Waals surface area contributed by atoms with Crippen LogP contribution in [0.15, 0.2) is 121 Å². The summed E-state index contributed by atoms with van der Waals surface area (Å²) in [7, 11) is 0. The van der Waals surface area contributed by atoms with Gasteiger partial charge >= 0.3 is 0 Å². The number of hydrogen-bond donors (Lipinski definition) is 1. The maximum atomic E-state index is 3.72. The van der Waals surface area contributed by atoms with Gasteiger partial charge in [-0.25, -0.2) is 0 Å². The Morgan fingerprint density at radius 2 is 1.06 bits per heavy atom. The van der Waals surface area contributed by atoms with Gasteiger partial charge in [0.25, 0.3) is 0 Å². The maximum Gasteiger partial charge on any atom is 0.0485 e. The summed E-state index contributed by atoms with van der Waals surface area (Å²) in [6.45, 7) is 0. The van der Waals surface area contributed by atoms with E-state index in [1.54, 1.807) is 0 Å². The van der Waals surface area contributed by atoms with Crippen LogP contribution in [0.1, 0.15) is 0 Å². The highest BCUT2D eigenvalue weighted by atomic mass is 32.1. The molecule has 6 aromatic rings. The fourth-order valence-electron chi connectivity index (χ4n) is 4.28. The fourth-order valence-corrected chi connectivity index (χ4v) is 5.45. The molecule has 0 radical (unpaired) electrons. The molecule has 0 spiro atoms. The molecule has 1 aromatic heterocycles. The molecule has 0 aliphatic carbocycles. The summed E-state index contributed by atoms with van der Waals surface area (Å²) < 4.78 is 2.62. The van der Waals surface area contributed by atoms with E-state index >= 15 is 0 Å². The number of nitrogens with one attached hydrogen (secondary N) is 1. The Morgan fingerprint density at radius 3 is 1.78 bits per heavy atom. The molecule has 0 saturated heterocycles. The first-order valence-corrected chi connectivity index (χ1v) is 11.6. The highest BCUT2D eigenvalue weighted by Gasteiger charge is 2.12. The summed E-state index contributed by atoms with van der Waals surface area (Å²) in [6, 6.07) is 43.1. The van der Waals surface area contributed by atoms with E-state index in [1.165, 1.54) is 42.4 Å². The van der Waals surface area contributed by atoms with Crippen molar-refractivity contribution in [1.82, 2.24) is 0 Å². The van der Waals surface area contributed by atoms with Crippen LogP contribution >= 0.6 is 11.3 Å². The summed E-state index contributed by atoms with van der Waals surface area (Å²) >= 11 is 1.85. The lowest BCUT2D eigenvalue weighted by atomic mass is 10.0. The number of rotatable bonds is 4. The molecule has 0 saturated carbocycles. The first-order valence-electron chi connectivity index (χ1n) is 10.8. The summed E-state index contributed by atoms with van der Waals surface area (Å²) in [6.07, 6.45) is 0. The van der Waals surface area contributed by atoms with E-state index in [0.29, 0.717) is 0 Å². The Balaban J connectivity index is 1.47. The van der Waals surface area contributed by atoms with Crippen LogP contribution in [0.2, 0.25) is 0 Å². The highest BCUT2D eigenvalue weighted by molar-refractivity contribution is 7.26. The van der Waals surface area contributed by atoms with E-state index in [0.717, 1.165) is 11.4 Å². The van der Waals surface area contributed by atoms with Gasteiger partial charge in [-0.1, -0.05) is 91.0 Å². The highest BCUT2D eigenvalue weighted by Crippen LogP contribution is 2.42. The molecule has 1 N–H and O–H groups in total. The second-order valence-electron chi connectivity index (χ2n) is 7.93. The summed E-state index contributed by atoms with van der Waals surface area (Å²) in [5, 5.41) is 6.31. The number of hydrogen-bond acceptors (Lipinski definition) is 2. The summed E-state index contributed by atoms with van der Waals surface area (Å²) in [5.41, 5.74) is 7.15. The predicted octanol–water partition coefficient (Wildman–Crippen LogP) is 9.13. The normalized spacial score (nSPS) is 11.1. The second-order valence-corrected chi connectivity index (χ2v) is 9.01. The van der Waals surface area contributed by atoms with Crippen LogP contribution in [-0.2, 0) is 0 Å². The third-order valence-electron chi connectivity index (χ3n) is 5.86. The molecule has 152 valence electrons. The number of anilines is 2. The molecular weight excluding hydrogens is 406 g/mol. The SMILES string of the molecule is c1ccc(-c2ccc(Nc3cc(-c4ccccc4)cc4sc5ccccc5c34)cc2)cc1. The maximum absolute atomic E-state index is 3.72. The van der Waals surface area contributed by atoms with Gasteiger partial charge in [-0.2, -0.15) is 0 Å². The standard InChI is InChI=1S/C30H21NS/c1-3-9-21(10-4-1)23-15-17-25(18-16-23)31-27-19-24(22-11-5-2-6-12-22)20-29-30(27)26-13-7-8-14-28(26)32-29/h1-20,31H. The van der Waals surface area contributed by atoms with Gasteiger partial charge in [-0.05, 0) is 52.6 Å². The van der Waals surface area contributed by atoms with Crippen molar-refractivity contribution in [1.29, 1.82) is 0 Å². The van der Waals surface area contributed by atoms with Crippen LogP contribution in [0.4, 0.5) is 11.4 Å². The van der Waals surface area contributed by atoms with Gasteiger partial charge in [0.2, 0.25) is 0 Å². The number of thiophene rings is 1. The van der Waals surface area contributed by atoms with Crippen molar-refractivity contribution in [3.63, 3.8) is 0 Å². The van der Waals surface area contributed by atoms with Crippen LogP contribution in [0.3, 0.4) is 0 Å². The Labute approximate surface area is 191 Å². The Hall–Kier alpha value is -3.88. The summed E-state index contributed by atoms with van der Waals surface area (Å²) in [4.78, 5) is 0. The molecule has 2 heteroatoms. The van der Waals surface area contributed by atoms with E-state index in [9.17, 15) is 0 Å². The minimum atomic E-state index is 1.09. The first-order chi connectivity index (χ1) is 15.8. The fraction of sp³-hybridized carbons (Fsp3) is 0. The topological polar surface area (TPSA) is 12.0 Å². The first kappa shape index (κ1) is 18.9. The van der Waals surface area contributed by atoms with Crippen molar-refractivity contribution in [3.05, 3.63) is 121 Å². The Kier molecular flexibility index (Phi) is 4.71. The molecule has 0 atom stereocenters. The minimum absolute atomic E-state index is 1.09. The van der Waals surface area contributed by atoms with Crippen LogP contribution in [-0.4, -0.2) is 0 Å². The zero-order valence-corrected chi connectivity index (χ0v) is 18.3. The molecule has 1 nitrogen and oxygen atoms in total. The molecule has 32 heavy (non-hydrogen) atoms. The Bertz CT molecular complexity index is 1510. The lowest BCUT2D eigenvalue weighted by Gasteiger charge is -2.12. The zero-order chi connectivity index (χ0) is 21.3. The number of benzene rings is 5. The van der Waals surface area contributed by atoms with Crippen molar-refractivity contribution in [2.24, 2.45) is 0 Å². The molecule has 0 aliphatic rings. The zero-order valence-electron chi connectivity index (χ0n) is 17.5. The molecule has 1 heterocycles. The largest absolute Gasteiger partial charge is 0.355 e. The van der Waals surface area contributed by atoms with Crippen molar-refractivity contribution in [3.8, 4) is 22.3 Å². The lowest BCUT2D eigenvalue weighted by Crippen LogP contribution is -1.92. The van der Waals surface area contributed by atoms with E-state index in [-0.39, 0.29) is 0 Å². The molecule has 0 bridgehead atoms. The molecule has 6 rings (SSSR count). The van der Waals surface area contributed by atoms with Gasteiger partial charge in [-0.3, -0.25) is 0 Å². The van der Waals surface area contributed by atoms with Crippen LogP contribution in [0.25, 0.3) is 42.4 Å². The molecule has 5 aromatic carbocycles. The molecule has 0 fully saturated rings. The van der Waals surface area contributed by atoms with Gasteiger partial charge in [0.05, 0.1) is 0 Å². The van der Waals surface area contributed by atoms with Crippen molar-refractivity contribution in [2.75, 3.05) is 5.32 Å². The molecular formula is C30H21NS. The van der Waals surface area contributed by atoms with Crippen molar-refractivity contribution >= 4 is 42.9 Å². The van der Waals surface area contributed by atoms with Gasteiger partial charge in [0.15, 0.2) is 0 Å². The number of fused-ring (bicyclic) bond motifs is 3. The van der Waals surface area contributed by atoms with Crippen LogP contribution in [0, 0.1) is 0 Å². The van der Waals surface area contributed by atoms with Crippen molar-refractivity contribution in [2.45, 2.75) is 0 Å². The molecule has 0 unspecified atom stereocenters. The van der Waals surface area contributed by atoms with Crippen molar-refractivity contribution < 1.29 is 0 Å². The van der Waals surface area contributed by atoms with E-state index < -0.39 is 0 Å². The smallest absolute Gasteiger partial charge is 0.0485 e. The van der Waals surface area contributed by atoms with Gasteiger partial charge in [-0.15, -0.1) is 11.3 Å². The van der Waals surface area contributed by atoms with E-state index in [4.69, 9.17) is 0 Å². The van der Waals surface area contributed by atoms with Crippen LogP contribution < -0.4 is 5.32 Å². The average Bonchev–Trinajstić information content (AvgIpc) is 3.24. The molecule has 0 aliphatic heterocycles. The average molecular weight is 428 g/mol.